The smallest absolute Gasteiger partial charge is 0.231 e. The largest absolute Gasteiger partial charge is 0.508 e. The van der Waals surface area contributed by atoms with Crippen molar-refractivity contribution in [1.82, 2.24) is 4.90 Å². The maximum atomic E-state index is 10.3. The monoisotopic (exact) mass is 323 g/mol. The molecule has 0 unspecified atom stereocenters. The van der Waals surface area contributed by atoms with Crippen molar-refractivity contribution >= 4 is 0 Å². The van der Waals surface area contributed by atoms with Crippen LogP contribution in [0, 0.1) is 0 Å². The molecule has 1 aliphatic carbocycles. The van der Waals surface area contributed by atoms with Gasteiger partial charge in [0.2, 0.25) is 6.79 Å². The van der Waals surface area contributed by atoms with Gasteiger partial charge in [0.05, 0.1) is 0 Å². The van der Waals surface area contributed by atoms with Crippen LogP contribution >= 0.6 is 0 Å². The van der Waals surface area contributed by atoms with Gasteiger partial charge in [-0.3, -0.25) is 4.90 Å². The van der Waals surface area contributed by atoms with E-state index in [2.05, 4.69) is 17.9 Å². The van der Waals surface area contributed by atoms with E-state index in [9.17, 15) is 5.11 Å². The molecule has 0 aromatic heterocycles. The molecule has 2 aromatic rings. The maximum Gasteiger partial charge on any atom is 0.231 e. The Morgan fingerprint density at radius 1 is 1.21 bits per heavy atom. The molecule has 3 aliphatic rings. The van der Waals surface area contributed by atoms with E-state index in [4.69, 9.17) is 9.47 Å². The fourth-order valence-electron chi connectivity index (χ4n) is 4.58. The first-order valence-corrected chi connectivity index (χ1v) is 8.78. The number of hydrogen-bond acceptors (Lipinski definition) is 4. The van der Waals surface area contributed by atoms with Crippen LogP contribution in [0.5, 0.6) is 17.2 Å². The van der Waals surface area contributed by atoms with Gasteiger partial charge in [-0.05, 0) is 66.3 Å². The van der Waals surface area contributed by atoms with Crippen LogP contribution < -0.4 is 9.47 Å². The van der Waals surface area contributed by atoms with Crippen LogP contribution in [0.4, 0.5) is 0 Å². The van der Waals surface area contributed by atoms with Crippen molar-refractivity contribution in [2.45, 2.75) is 32.2 Å². The first kappa shape index (κ1) is 14.2. The van der Waals surface area contributed by atoms with Crippen LogP contribution in [0.1, 0.15) is 36.1 Å². The molecule has 0 fully saturated rings. The van der Waals surface area contributed by atoms with Crippen molar-refractivity contribution < 1.29 is 14.6 Å². The zero-order valence-electron chi connectivity index (χ0n) is 13.8. The number of benzene rings is 2. The van der Waals surface area contributed by atoms with E-state index in [1.54, 1.807) is 0 Å². The molecule has 4 nitrogen and oxygen atoms in total. The molecular formula is C20H21NO3. The van der Waals surface area contributed by atoms with Gasteiger partial charge in [0.15, 0.2) is 11.5 Å². The molecule has 0 amide bonds. The topological polar surface area (TPSA) is 41.9 Å². The molecule has 4 heteroatoms. The fourth-order valence-corrected chi connectivity index (χ4v) is 4.58. The molecule has 124 valence electrons. The quantitative estimate of drug-likeness (QED) is 0.916. The molecule has 2 heterocycles. The minimum absolute atomic E-state index is 0.276. The van der Waals surface area contributed by atoms with E-state index in [1.165, 1.54) is 16.7 Å². The van der Waals surface area contributed by atoms with E-state index < -0.39 is 0 Å². The highest BCUT2D eigenvalue weighted by atomic mass is 16.7. The van der Waals surface area contributed by atoms with Gasteiger partial charge in [-0.2, -0.15) is 0 Å². The van der Waals surface area contributed by atoms with Crippen molar-refractivity contribution in [3.8, 4) is 28.4 Å². The summed E-state index contributed by atoms with van der Waals surface area (Å²) in [4.78, 5) is 2.59. The standard InChI is InChI=1S/C20H21NO3/c1-2-6-21-7-5-13-8-14(22)10-15-18(13)16(21)9-12-3-4-17-20(19(12)15)24-11-23-17/h3-4,8,10,16,22H,2,5-7,9,11H2,1H3/t16-/m1/s1. The second kappa shape index (κ2) is 5.15. The van der Waals surface area contributed by atoms with E-state index >= 15 is 0 Å². The van der Waals surface area contributed by atoms with Gasteiger partial charge in [0.25, 0.3) is 0 Å². The SMILES string of the molecule is CCCN1CCc2cc(O)cc3c2[C@H]1Cc1ccc2c(c1-3)OCO2. The van der Waals surface area contributed by atoms with Crippen LogP contribution in [-0.4, -0.2) is 29.9 Å². The zero-order chi connectivity index (χ0) is 16.3. The second-order valence-electron chi connectivity index (χ2n) is 6.91. The van der Waals surface area contributed by atoms with Gasteiger partial charge in [-0.1, -0.05) is 13.0 Å². The number of phenolic OH excluding ortho intramolecular Hbond substituents is 1. The number of phenols is 1. The lowest BCUT2D eigenvalue weighted by molar-refractivity contribution is 0.173. The number of ether oxygens (including phenoxy) is 2. The number of fused-ring (bicyclic) bond motifs is 4. The minimum Gasteiger partial charge on any atom is -0.508 e. The Bertz CT molecular complexity index is 830. The predicted molar refractivity (Wildman–Crippen MR) is 91.7 cm³/mol. The molecule has 1 atom stereocenters. The van der Waals surface area contributed by atoms with Gasteiger partial charge in [0, 0.05) is 18.2 Å². The number of hydrogen-bond donors (Lipinski definition) is 1. The molecule has 1 N–H and O–H groups in total. The van der Waals surface area contributed by atoms with Gasteiger partial charge in [-0.25, -0.2) is 0 Å². The third-order valence-electron chi connectivity index (χ3n) is 5.51. The second-order valence-corrected chi connectivity index (χ2v) is 6.91. The Labute approximate surface area is 141 Å². The first-order chi connectivity index (χ1) is 11.8. The first-order valence-electron chi connectivity index (χ1n) is 8.78. The van der Waals surface area contributed by atoms with Crippen LogP contribution in [0.2, 0.25) is 0 Å². The predicted octanol–water partition coefficient (Wildman–Crippen LogP) is 3.65. The Balaban J connectivity index is 1.76. The molecule has 0 radical (unpaired) electrons. The highest BCUT2D eigenvalue weighted by Gasteiger charge is 2.37. The maximum absolute atomic E-state index is 10.3. The van der Waals surface area contributed by atoms with E-state index in [1.807, 2.05) is 18.2 Å². The lowest BCUT2D eigenvalue weighted by atomic mass is 9.76. The van der Waals surface area contributed by atoms with Gasteiger partial charge in [-0.15, -0.1) is 0 Å². The Morgan fingerprint density at radius 3 is 3.00 bits per heavy atom. The third-order valence-corrected chi connectivity index (χ3v) is 5.51. The fraction of sp³-hybridized carbons (Fsp3) is 0.400. The molecule has 0 bridgehead atoms. The Morgan fingerprint density at radius 2 is 2.12 bits per heavy atom. The summed E-state index contributed by atoms with van der Waals surface area (Å²) >= 11 is 0. The average molecular weight is 323 g/mol. The summed E-state index contributed by atoms with van der Waals surface area (Å²) in [6.45, 7) is 4.69. The van der Waals surface area contributed by atoms with Crippen LogP contribution in [0.3, 0.4) is 0 Å². The lowest BCUT2D eigenvalue weighted by Crippen LogP contribution is -2.38. The molecule has 24 heavy (non-hydrogen) atoms. The number of rotatable bonds is 2. The van der Waals surface area contributed by atoms with Crippen molar-refractivity contribution in [1.29, 1.82) is 0 Å². The molecular weight excluding hydrogens is 302 g/mol. The zero-order valence-corrected chi connectivity index (χ0v) is 13.8. The van der Waals surface area contributed by atoms with E-state index in [0.717, 1.165) is 55.0 Å². The van der Waals surface area contributed by atoms with Crippen molar-refractivity contribution in [2.75, 3.05) is 19.9 Å². The van der Waals surface area contributed by atoms with Gasteiger partial charge >= 0.3 is 0 Å². The van der Waals surface area contributed by atoms with Crippen LogP contribution in [-0.2, 0) is 12.8 Å². The Hall–Kier alpha value is -2.20. The summed E-state index contributed by atoms with van der Waals surface area (Å²) in [7, 11) is 0. The minimum atomic E-state index is 0.276. The van der Waals surface area contributed by atoms with Crippen LogP contribution in [0.15, 0.2) is 24.3 Å². The summed E-state index contributed by atoms with van der Waals surface area (Å²) in [5, 5.41) is 10.3. The lowest BCUT2D eigenvalue weighted by Gasteiger charge is -2.41. The van der Waals surface area contributed by atoms with Crippen molar-refractivity contribution in [3.63, 3.8) is 0 Å². The van der Waals surface area contributed by atoms with E-state index in [-0.39, 0.29) is 6.79 Å². The van der Waals surface area contributed by atoms with Crippen molar-refractivity contribution in [3.05, 3.63) is 41.0 Å². The molecule has 2 aromatic carbocycles. The third kappa shape index (κ3) is 1.89. The van der Waals surface area contributed by atoms with Crippen molar-refractivity contribution in [2.24, 2.45) is 0 Å². The summed E-state index contributed by atoms with van der Waals surface area (Å²) in [5.74, 6) is 1.99. The molecule has 2 aliphatic heterocycles. The number of nitrogens with zero attached hydrogens (tertiary/aromatic N) is 1. The summed E-state index contributed by atoms with van der Waals surface area (Å²) < 4.78 is 11.3. The average Bonchev–Trinajstić information content (AvgIpc) is 3.05. The molecule has 5 rings (SSSR count). The van der Waals surface area contributed by atoms with Gasteiger partial charge in [0.1, 0.15) is 5.75 Å². The van der Waals surface area contributed by atoms with Crippen LogP contribution in [0.25, 0.3) is 11.1 Å². The van der Waals surface area contributed by atoms with E-state index in [0.29, 0.717) is 11.8 Å². The summed E-state index contributed by atoms with van der Waals surface area (Å²) in [6.07, 6.45) is 3.15. The number of aromatic hydroxyl groups is 1. The summed E-state index contributed by atoms with van der Waals surface area (Å²) in [5.41, 5.74) is 6.19. The molecule has 0 spiro atoms. The highest BCUT2D eigenvalue weighted by Crippen LogP contribution is 2.53. The molecule has 0 saturated carbocycles. The normalized spacial score (nSPS) is 20.6. The highest BCUT2D eigenvalue weighted by molar-refractivity contribution is 5.84. The van der Waals surface area contributed by atoms with Gasteiger partial charge < -0.3 is 14.6 Å². The summed E-state index contributed by atoms with van der Waals surface area (Å²) in [6, 6.07) is 8.43. The molecule has 0 saturated heterocycles. The Kier molecular flexibility index (Phi) is 3.04.